The SMILES string of the molecule is CC(CCCO)NC1CCCC(C(C)C)C1. The van der Waals surface area contributed by atoms with Crippen LogP contribution in [0.15, 0.2) is 0 Å². The maximum Gasteiger partial charge on any atom is 0.0431 e. The summed E-state index contributed by atoms with van der Waals surface area (Å²) in [5.74, 6) is 1.74. The molecule has 0 bridgehead atoms. The second kappa shape index (κ2) is 7.29. The van der Waals surface area contributed by atoms with Crippen LogP contribution in [0.1, 0.15) is 59.3 Å². The highest BCUT2D eigenvalue weighted by atomic mass is 16.2. The zero-order chi connectivity index (χ0) is 12.0. The van der Waals surface area contributed by atoms with Gasteiger partial charge in [0.05, 0.1) is 0 Å². The maximum atomic E-state index is 8.81. The summed E-state index contributed by atoms with van der Waals surface area (Å²) in [6.07, 6.45) is 7.51. The van der Waals surface area contributed by atoms with Crippen molar-refractivity contribution in [2.24, 2.45) is 11.8 Å². The number of nitrogens with one attached hydrogen (secondary N) is 1. The Kier molecular flexibility index (Phi) is 6.37. The summed E-state index contributed by atoms with van der Waals surface area (Å²) >= 11 is 0. The highest BCUT2D eigenvalue weighted by molar-refractivity contribution is 4.81. The van der Waals surface area contributed by atoms with Gasteiger partial charge in [0.25, 0.3) is 0 Å². The summed E-state index contributed by atoms with van der Waals surface area (Å²) in [5, 5.41) is 12.5. The lowest BCUT2D eigenvalue weighted by Gasteiger charge is -2.34. The van der Waals surface area contributed by atoms with Crippen LogP contribution in [0.4, 0.5) is 0 Å². The average Bonchev–Trinajstić information content (AvgIpc) is 2.26. The molecule has 0 saturated heterocycles. The first-order valence-corrected chi connectivity index (χ1v) is 7.00. The molecule has 3 unspecified atom stereocenters. The Morgan fingerprint density at radius 1 is 1.25 bits per heavy atom. The molecule has 1 aliphatic rings. The lowest BCUT2D eigenvalue weighted by Crippen LogP contribution is -2.40. The molecule has 0 amide bonds. The molecule has 2 nitrogen and oxygen atoms in total. The van der Waals surface area contributed by atoms with E-state index in [4.69, 9.17) is 5.11 Å². The molecule has 1 saturated carbocycles. The smallest absolute Gasteiger partial charge is 0.0431 e. The van der Waals surface area contributed by atoms with E-state index < -0.39 is 0 Å². The van der Waals surface area contributed by atoms with Gasteiger partial charge in [-0.05, 0) is 44.4 Å². The largest absolute Gasteiger partial charge is 0.396 e. The minimum absolute atomic E-state index is 0.325. The van der Waals surface area contributed by atoms with Gasteiger partial charge >= 0.3 is 0 Å². The first-order valence-electron chi connectivity index (χ1n) is 7.00. The van der Waals surface area contributed by atoms with Crippen molar-refractivity contribution in [2.45, 2.75) is 71.4 Å². The Morgan fingerprint density at radius 2 is 2.00 bits per heavy atom. The Bertz CT molecular complexity index is 182. The van der Waals surface area contributed by atoms with Gasteiger partial charge in [0, 0.05) is 18.7 Å². The Labute approximate surface area is 101 Å². The second-order valence-electron chi connectivity index (χ2n) is 5.80. The van der Waals surface area contributed by atoms with Gasteiger partial charge in [-0.1, -0.05) is 26.7 Å². The van der Waals surface area contributed by atoms with Gasteiger partial charge in [0.1, 0.15) is 0 Å². The predicted octanol–water partition coefficient (Wildman–Crippen LogP) is 2.95. The quantitative estimate of drug-likeness (QED) is 0.731. The first-order chi connectivity index (χ1) is 7.63. The topological polar surface area (TPSA) is 32.3 Å². The number of aliphatic hydroxyl groups is 1. The molecule has 3 atom stereocenters. The molecule has 2 heteroatoms. The third kappa shape index (κ3) is 4.84. The minimum Gasteiger partial charge on any atom is -0.396 e. The summed E-state index contributed by atoms with van der Waals surface area (Å²) in [5.41, 5.74) is 0. The van der Waals surface area contributed by atoms with E-state index >= 15 is 0 Å². The van der Waals surface area contributed by atoms with Crippen molar-refractivity contribution in [1.82, 2.24) is 5.32 Å². The van der Waals surface area contributed by atoms with Crippen LogP contribution >= 0.6 is 0 Å². The lowest BCUT2D eigenvalue weighted by atomic mass is 9.79. The molecule has 1 rings (SSSR count). The van der Waals surface area contributed by atoms with Crippen LogP contribution in [0, 0.1) is 11.8 Å². The summed E-state index contributed by atoms with van der Waals surface area (Å²) in [6, 6.07) is 1.28. The summed E-state index contributed by atoms with van der Waals surface area (Å²) in [7, 11) is 0. The van der Waals surface area contributed by atoms with E-state index in [0.717, 1.165) is 30.7 Å². The minimum atomic E-state index is 0.325. The lowest BCUT2D eigenvalue weighted by molar-refractivity contribution is 0.215. The standard InChI is InChI=1S/C14H29NO/c1-11(2)13-7-4-8-14(10-13)15-12(3)6-5-9-16/h11-16H,4-10H2,1-3H3. The molecule has 0 spiro atoms. The van der Waals surface area contributed by atoms with Crippen LogP contribution < -0.4 is 5.32 Å². The fraction of sp³-hybridized carbons (Fsp3) is 1.00. The van der Waals surface area contributed by atoms with Gasteiger partial charge in [-0.3, -0.25) is 0 Å². The molecular formula is C14H29NO. The van der Waals surface area contributed by atoms with Crippen molar-refractivity contribution in [1.29, 1.82) is 0 Å². The first kappa shape index (κ1) is 14.0. The van der Waals surface area contributed by atoms with Crippen molar-refractivity contribution in [3.05, 3.63) is 0 Å². The van der Waals surface area contributed by atoms with Crippen molar-refractivity contribution >= 4 is 0 Å². The van der Waals surface area contributed by atoms with Gasteiger partial charge < -0.3 is 10.4 Å². The molecular weight excluding hydrogens is 198 g/mol. The van der Waals surface area contributed by atoms with Gasteiger partial charge in [-0.2, -0.15) is 0 Å². The number of aliphatic hydroxyl groups excluding tert-OH is 1. The van der Waals surface area contributed by atoms with E-state index in [1.165, 1.54) is 25.7 Å². The molecule has 0 heterocycles. The fourth-order valence-corrected chi connectivity index (χ4v) is 2.87. The van der Waals surface area contributed by atoms with Crippen molar-refractivity contribution in [3.63, 3.8) is 0 Å². The average molecular weight is 227 g/mol. The van der Waals surface area contributed by atoms with Crippen molar-refractivity contribution in [2.75, 3.05) is 6.61 Å². The molecule has 16 heavy (non-hydrogen) atoms. The Morgan fingerprint density at radius 3 is 2.62 bits per heavy atom. The number of hydrogen-bond donors (Lipinski definition) is 2. The van der Waals surface area contributed by atoms with Crippen molar-refractivity contribution in [3.8, 4) is 0 Å². The highest BCUT2D eigenvalue weighted by Crippen LogP contribution is 2.30. The molecule has 0 aromatic rings. The molecule has 2 N–H and O–H groups in total. The summed E-state index contributed by atoms with van der Waals surface area (Å²) in [6.45, 7) is 7.27. The van der Waals surface area contributed by atoms with Gasteiger partial charge in [-0.25, -0.2) is 0 Å². The number of hydrogen-bond acceptors (Lipinski definition) is 2. The Balaban J connectivity index is 2.25. The van der Waals surface area contributed by atoms with E-state index in [0.29, 0.717) is 12.6 Å². The van der Waals surface area contributed by atoms with Gasteiger partial charge in [-0.15, -0.1) is 0 Å². The summed E-state index contributed by atoms with van der Waals surface area (Å²) in [4.78, 5) is 0. The molecule has 96 valence electrons. The molecule has 1 fully saturated rings. The van der Waals surface area contributed by atoms with Crippen LogP contribution in [-0.2, 0) is 0 Å². The molecule has 0 aliphatic heterocycles. The van der Waals surface area contributed by atoms with Crippen LogP contribution in [0.25, 0.3) is 0 Å². The fourth-order valence-electron chi connectivity index (χ4n) is 2.87. The number of rotatable bonds is 6. The van der Waals surface area contributed by atoms with E-state index in [1.54, 1.807) is 0 Å². The molecule has 1 aliphatic carbocycles. The van der Waals surface area contributed by atoms with Crippen LogP contribution in [0.5, 0.6) is 0 Å². The third-order valence-electron chi connectivity index (χ3n) is 3.97. The monoisotopic (exact) mass is 227 g/mol. The summed E-state index contributed by atoms with van der Waals surface area (Å²) < 4.78 is 0. The highest BCUT2D eigenvalue weighted by Gasteiger charge is 2.24. The molecule has 0 aromatic carbocycles. The molecule has 0 aromatic heterocycles. The van der Waals surface area contributed by atoms with E-state index in [9.17, 15) is 0 Å². The Hall–Kier alpha value is -0.0800. The van der Waals surface area contributed by atoms with E-state index in [2.05, 4.69) is 26.1 Å². The van der Waals surface area contributed by atoms with Crippen LogP contribution in [-0.4, -0.2) is 23.8 Å². The molecule has 0 radical (unpaired) electrons. The zero-order valence-electron chi connectivity index (χ0n) is 11.2. The van der Waals surface area contributed by atoms with E-state index in [1.807, 2.05) is 0 Å². The second-order valence-corrected chi connectivity index (χ2v) is 5.80. The van der Waals surface area contributed by atoms with Crippen LogP contribution in [0.2, 0.25) is 0 Å². The zero-order valence-corrected chi connectivity index (χ0v) is 11.2. The van der Waals surface area contributed by atoms with Gasteiger partial charge in [0.2, 0.25) is 0 Å². The van der Waals surface area contributed by atoms with Crippen LogP contribution in [0.3, 0.4) is 0 Å². The third-order valence-corrected chi connectivity index (χ3v) is 3.97. The van der Waals surface area contributed by atoms with Gasteiger partial charge in [0.15, 0.2) is 0 Å². The maximum absolute atomic E-state index is 8.81. The van der Waals surface area contributed by atoms with E-state index in [-0.39, 0.29) is 0 Å². The predicted molar refractivity (Wildman–Crippen MR) is 69.5 cm³/mol. The normalized spacial score (nSPS) is 28.3. The van der Waals surface area contributed by atoms with Crippen molar-refractivity contribution < 1.29 is 5.11 Å².